The van der Waals surface area contributed by atoms with Gasteiger partial charge in [-0.25, -0.2) is 4.98 Å². The number of aromatic nitrogens is 2. The molecule has 18 heavy (non-hydrogen) atoms. The number of nitrogens with zero attached hydrogens (tertiary/aromatic N) is 3. The first-order chi connectivity index (χ1) is 8.58. The lowest BCUT2D eigenvalue weighted by molar-refractivity contribution is 0.393. The molecule has 0 unspecified atom stereocenters. The van der Waals surface area contributed by atoms with Crippen molar-refractivity contribution in [1.82, 2.24) is 9.97 Å². The van der Waals surface area contributed by atoms with Crippen molar-refractivity contribution in [3.63, 3.8) is 0 Å². The first-order valence-corrected chi connectivity index (χ1v) is 6.89. The highest BCUT2D eigenvalue weighted by atomic mass is 79.9. The minimum Gasteiger partial charge on any atom is -0.480 e. The van der Waals surface area contributed by atoms with Crippen LogP contribution in [-0.2, 0) is 0 Å². The summed E-state index contributed by atoms with van der Waals surface area (Å²) < 4.78 is 5.96. The number of ether oxygens (including phenoxy) is 1. The number of rotatable bonds is 7. The van der Waals surface area contributed by atoms with Gasteiger partial charge in [-0.05, 0) is 34.8 Å². The molecule has 2 N–H and O–H groups in total. The van der Waals surface area contributed by atoms with Crippen LogP contribution < -0.4 is 15.4 Å². The molecule has 1 heterocycles. The minimum atomic E-state index is 0.543. The fraction of sp³-hybridized carbons (Fsp3) is 0.667. The van der Waals surface area contributed by atoms with Crippen molar-refractivity contribution in [2.45, 2.75) is 20.3 Å². The Morgan fingerprint density at radius 1 is 1.50 bits per heavy atom. The molecule has 0 fully saturated rings. The molecular weight excluding hydrogens is 296 g/mol. The second-order valence-corrected chi connectivity index (χ2v) is 5.36. The monoisotopic (exact) mass is 316 g/mol. The molecule has 1 aromatic rings. The number of methoxy groups -OCH3 is 1. The quantitative estimate of drug-likeness (QED) is 0.834. The summed E-state index contributed by atoms with van der Waals surface area (Å²) in [5, 5.41) is 0. The van der Waals surface area contributed by atoms with Gasteiger partial charge in [0.15, 0.2) is 0 Å². The molecule has 0 spiro atoms. The molecule has 6 heteroatoms. The molecule has 0 bridgehead atoms. The molecule has 0 radical (unpaired) electrons. The maximum Gasteiger partial charge on any atom is 0.232 e. The van der Waals surface area contributed by atoms with Gasteiger partial charge >= 0.3 is 0 Å². The largest absolute Gasteiger partial charge is 0.480 e. The van der Waals surface area contributed by atoms with E-state index >= 15 is 0 Å². The van der Waals surface area contributed by atoms with Crippen LogP contribution in [0, 0.1) is 5.92 Å². The van der Waals surface area contributed by atoms with Crippen LogP contribution in [0.5, 0.6) is 5.88 Å². The summed E-state index contributed by atoms with van der Waals surface area (Å²) in [4.78, 5) is 10.9. The smallest absolute Gasteiger partial charge is 0.232 e. The number of halogens is 1. The maximum atomic E-state index is 5.57. The lowest BCUT2D eigenvalue weighted by Gasteiger charge is -2.24. The molecule has 102 valence electrons. The van der Waals surface area contributed by atoms with Crippen molar-refractivity contribution < 1.29 is 4.74 Å². The predicted octanol–water partition coefficient (Wildman–Crippen LogP) is 2.06. The van der Waals surface area contributed by atoms with Crippen molar-refractivity contribution in [3.05, 3.63) is 10.7 Å². The summed E-state index contributed by atoms with van der Waals surface area (Å²) >= 11 is 3.35. The fourth-order valence-electron chi connectivity index (χ4n) is 1.63. The molecule has 0 atom stereocenters. The van der Waals surface area contributed by atoms with E-state index in [1.54, 1.807) is 13.3 Å². The topological polar surface area (TPSA) is 64.3 Å². The molecule has 1 aromatic heterocycles. The number of anilines is 1. The molecule has 1 rings (SSSR count). The third-order valence-electron chi connectivity index (χ3n) is 2.39. The van der Waals surface area contributed by atoms with Crippen molar-refractivity contribution in [2.75, 3.05) is 31.6 Å². The summed E-state index contributed by atoms with van der Waals surface area (Å²) in [6, 6.07) is 0. The van der Waals surface area contributed by atoms with Crippen molar-refractivity contribution in [3.8, 4) is 5.88 Å². The molecule has 0 aliphatic heterocycles. The van der Waals surface area contributed by atoms with Gasteiger partial charge in [-0.1, -0.05) is 13.8 Å². The number of nitrogens with two attached hydrogens (primary N) is 1. The Labute approximate surface area is 117 Å². The highest BCUT2D eigenvalue weighted by Crippen LogP contribution is 2.23. The lowest BCUT2D eigenvalue weighted by atomic mass is 10.2. The van der Waals surface area contributed by atoms with Crippen LogP contribution in [0.25, 0.3) is 0 Å². The standard InChI is InChI=1S/C12H21BrN4O/c1-9(2)8-17(6-4-5-14)12-15-7-10(13)11(16-12)18-3/h7,9H,4-6,8,14H2,1-3H3. The second-order valence-electron chi connectivity index (χ2n) is 4.51. The Kier molecular flexibility index (Phi) is 6.35. The van der Waals surface area contributed by atoms with Crippen LogP contribution >= 0.6 is 15.9 Å². The van der Waals surface area contributed by atoms with Crippen molar-refractivity contribution in [1.29, 1.82) is 0 Å². The Balaban J connectivity index is 2.89. The lowest BCUT2D eigenvalue weighted by Crippen LogP contribution is -2.31. The van der Waals surface area contributed by atoms with Gasteiger partial charge in [0.05, 0.1) is 17.8 Å². The predicted molar refractivity (Wildman–Crippen MR) is 77.0 cm³/mol. The van der Waals surface area contributed by atoms with E-state index in [0.717, 1.165) is 24.0 Å². The Morgan fingerprint density at radius 2 is 2.22 bits per heavy atom. The fourth-order valence-corrected chi connectivity index (χ4v) is 1.99. The Bertz CT molecular complexity index is 373. The van der Waals surface area contributed by atoms with Gasteiger partial charge in [-0.15, -0.1) is 0 Å². The van der Waals surface area contributed by atoms with Crippen LogP contribution in [0.3, 0.4) is 0 Å². The van der Waals surface area contributed by atoms with Crippen LogP contribution in [-0.4, -0.2) is 36.7 Å². The zero-order valence-electron chi connectivity index (χ0n) is 11.2. The Morgan fingerprint density at radius 3 is 2.78 bits per heavy atom. The molecule has 0 aromatic carbocycles. The molecular formula is C12H21BrN4O. The van der Waals surface area contributed by atoms with Crippen LogP contribution in [0.4, 0.5) is 5.95 Å². The Hall–Kier alpha value is -0.880. The third-order valence-corrected chi connectivity index (χ3v) is 2.94. The highest BCUT2D eigenvalue weighted by Gasteiger charge is 2.13. The molecule has 5 nitrogen and oxygen atoms in total. The average molecular weight is 317 g/mol. The summed E-state index contributed by atoms with van der Waals surface area (Å²) in [5.74, 6) is 1.79. The van der Waals surface area contributed by atoms with Crippen molar-refractivity contribution >= 4 is 21.9 Å². The maximum absolute atomic E-state index is 5.57. The SMILES string of the molecule is COc1nc(N(CCCN)CC(C)C)ncc1Br. The summed E-state index contributed by atoms with van der Waals surface area (Å²) in [7, 11) is 1.60. The van der Waals surface area contributed by atoms with Crippen LogP contribution in [0.1, 0.15) is 20.3 Å². The van der Waals surface area contributed by atoms with Gasteiger partial charge in [0.1, 0.15) is 0 Å². The normalized spacial score (nSPS) is 10.8. The van der Waals surface area contributed by atoms with Crippen LogP contribution in [0.2, 0.25) is 0 Å². The molecule has 0 amide bonds. The zero-order valence-corrected chi connectivity index (χ0v) is 12.8. The summed E-state index contributed by atoms with van der Waals surface area (Å²) in [5.41, 5.74) is 5.57. The first kappa shape index (κ1) is 15.2. The average Bonchev–Trinajstić information content (AvgIpc) is 2.34. The molecule has 0 aliphatic rings. The van der Waals surface area contributed by atoms with E-state index in [1.165, 1.54) is 0 Å². The minimum absolute atomic E-state index is 0.543. The van der Waals surface area contributed by atoms with E-state index in [4.69, 9.17) is 10.5 Å². The summed E-state index contributed by atoms with van der Waals surface area (Å²) in [6.07, 6.45) is 2.64. The van der Waals surface area contributed by atoms with Gasteiger partial charge in [0.2, 0.25) is 11.8 Å². The van der Waals surface area contributed by atoms with Gasteiger partial charge in [0, 0.05) is 13.1 Å². The molecule has 0 saturated carbocycles. The number of hydrogen-bond acceptors (Lipinski definition) is 5. The van der Waals surface area contributed by atoms with E-state index in [2.05, 4.69) is 44.6 Å². The van der Waals surface area contributed by atoms with Gasteiger partial charge < -0.3 is 15.4 Å². The van der Waals surface area contributed by atoms with E-state index in [9.17, 15) is 0 Å². The molecule has 0 saturated heterocycles. The summed E-state index contributed by atoms with van der Waals surface area (Å²) in [6.45, 7) is 6.78. The highest BCUT2D eigenvalue weighted by molar-refractivity contribution is 9.10. The zero-order chi connectivity index (χ0) is 13.5. The van der Waals surface area contributed by atoms with E-state index in [1.807, 2.05) is 0 Å². The third kappa shape index (κ3) is 4.42. The second kappa shape index (κ2) is 7.53. The van der Waals surface area contributed by atoms with Crippen molar-refractivity contribution in [2.24, 2.45) is 11.7 Å². The van der Waals surface area contributed by atoms with Gasteiger partial charge in [-0.2, -0.15) is 4.98 Å². The molecule has 0 aliphatic carbocycles. The van der Waals surface area contributed by atoms with E-state index < -0.39 is 0 Å². The first-order valence-electron chi connectivity index (χ1n) is 6.10. The number of hydrogen-bond donors (Lipinski definition) is 1. The van der Waals surface area contributed by atoms with Gasteiger partial charge in [0.25, 0.3) is 0 Å². The van der Waals surface area contributed by atoms with E-state index in [0.29, 0.717) is 24.3 Å². The van der Waals surface area contributed by atoms with E-state index in [-0.39, 0.29) is 0 Å². The van der Waals surface area contributed by atoms with Crippen LogP contribution in [0.15, 0.2) is 10.7 Å². The van der Waals surface area contributed by atoms with Gasteiger partial charge in [-0.3, -0.25) is 0 Å².